The van der Waals surface area contributed by atoms with Crippen LogP contribution in [0.5, 0.6) is 0 Å². The van der Waals surface area contributed by atoms with Crippen molar-refractivity contribution in [3.05, 3.63) is 59.4 Å². The van der Waals surface area contributed by atoms with Crippen molar-refractivity contribution in [2.45, 2.75) is 25.9 Å². The molecule has 1 aromatic carbocycles. The number of hydrogen-bond donors (Lipinski definition) is 1. The number of fused-ring (bicyclic) bond motifs is 1. The van der Waals surface area contributed by atoms with Crippen molar-refractivity contribution in [1.82, 2.24) is 14.8 Å². The number of benzene rings is 1. The molecule has 2 aromatic rings. The van der Waals surface area contributed by atoms with Crippen LogP contribution in [0.3, 0.4) is 0 Å². The van der Waals surface area contributed by atoms with Gasteiger partial charge in [0.15, 0.2) is 0 Å². The summed E-state index contributed by atoms with van der Waals surface area (Å²) in [4.78, 5) is 27.2. The molecule has 1 atom stereocenters. The third kappa shape index (κ3) is 3.90. The minimum Gasteiger partial charge on any atom is -0.381 e. The molecule has 0 spiro atoms. The topological polar surface area (TPSA) is 63.6 Å². The second kappa shape index (κ2) is 7.96. The van der Waals surface area contributed by atoms with Crippen LogP contribution < -0.4 is 5.32 Å². The quantitative estimate of drug-likeness (QED) is 0.897. The Kier molecular flexibility index (Phi) is 5.25. The maximum Gasteiger partial charge on any atom is 0.268 e. The van der Waals surface area contributed by atoms with E-state index in [1.807, 2.05) is 47.4 Å². The largest absolute Gasteiger partial charge is 0.381 e. The standard InChI is InChI=1S/C21H25N3O3/c25-20(22-14-16-4-2-1-3-5-16)19-7-6-18-8-10-23(11-12-24(18)19)21(26)17-9-13-27-15-17/h1-7,17H,8-15H2,(H,22,25). The van der Waals surface area contributed by atoms with Gasteiger partial charge >= 0.3 is 0 Å². The minimum atomic E-state index is -0.0749. The predicted octanol–water partition coefficient (Wildman–Crippen LogP) is 1.84. The summed E-state index contributed by atoms with van der Waals surface area (Å²) in [5.74, 6) is 0.110. The van der Waals surface area contributed by atoms with E-state index in [2.05, 4.69) is 9.88 Å². The molecular formula is C21H25N3O3. The fraction of sp³-hybridized carbons (Fsp3) is 0.429. The molecule has 2 amide bonds. The molecule has 1 aromatic heterocycles. The van der Waals surface area contributed by atoms with Crippen LogP contribution in [-0.4, -0.2) is 47.6 Å². The Balaban J connectivity index is 1.40. The highest BCUT2D eigenvalue weighted by molar-refractivity contribution is 5.93. The van der Waals surface area contributed by atoms with Gasteiger partial charge < -0.3 is 19.5 Å². The Bertz CT molecular complexity index is 809. The molecule has 2 aliphatic rings. The lowest BCUT2D eigenvalue weighted by atomic mass is 10.1. The van der Waals surface area contributed by atoms with E-state index >= 15 is 0 Å². The lowest BCUT2D eigenvalue weighted by Crippen LogP contribution is -2.38. The van der Waals surface area contributed by atoms with Crippen molar-refractivity contribution in [1.29, 1.82) is 0 Å². The fourth-order valence-corrected chi connectivity index (χ4v) is 3.85. The number of carbonyl (C=O) groups is 2. The third-order valence-electron chi connectivity index (χ3n) is 5.42. The zero-order valence-corrected chi connectivity index (χ0v) is 15.4. The molecule has 0 aliphatic carbocycles. The van der Waals surface area contributed by atoms with E-state index in [-0.39, 0.29) is 17.7 Å². The molecule has 1 saturated heterocycles. The van der Waals surface area contributed by atoms with Crippen LogP contribution in [0.25, 0.3) is 0 Å². The van der Waals surface area contributed by atoms with Gasteiger partial charge in [0.25, 0.3) is 5.91 Å². The summed E-state index contributed by atoms with van der Waals surface area (Å²) in [5, 5.41) is 2.99. The summed E-state index contributed by atoms with van der Waals surface area (Å²) in [5.41, 5.74) is 2.85. The number of hydrogen-bond acceptors (Lipinski definition) is 3. The normalized spacial score (nSPS) is 19.4. The smallest absolute Gasteiger partial charge is 0.268 e. The van der Waals surface area contributed by atoms with Gasteiger partial charge in [-0.15, -0.1) is 0 Å². The Morgan fingerprint density at radius 1 is 1.07 bits per heavy atom. The molecule has 0 saturated carbocycles. The number of nitrogens with one attached hydrogen (secondary N) is 1. The minimum absolute atomic E-state index is 0.00361. The van der Waals surface area contributed by atoms with Gasteiger partial charge in [0.1, 0.15) is 5.69 Å². The van der Waals surface area contributed by atoms with Gasteiger partial charge in [-0.1, -0.05) is 30.3 Å². The molecule has 1 N–H and O–H groups in total. The first-order valence-corrected chi connectivity index (χ1v) is 9.59. The highest BCUT2D eigenvalue weighted by atomic mass is 16.5. The van der Waals surface area contributed by atoms with E-state index in [0.717, 1.165) is 24.1 Å². The number of aromatic nitrogens is 1. The van der Waals surface area contributed by atoms with Crippen LogP contribution in [0.2, 0.25) is 0 Å². The van der Waals surface area contributed by atoms with Gasteiger partial charge in [0, 0.05) is 44.9 Å². The molecule has 0 bridgehead atoms. The third-order valence-corrected chi connectivity index (χ3v) is 5.42. The van der Waals surface area contributed by atoms with Gasteiger partial charge in [-0.3, -0.25) is 9.59 Å². The first-order valence-electron chi connectivity index (χ1n) is 9.59. The number of amides is 2. The van der Waals surface area contributed by atoms with Crippen molar-refractivity contribution in [3.63, 3.8) is 0 Å². The first kappa shape index (κ1) is 17.8. The van der Waals surface area contributed by atoms with Crippen molar-refractivity contribution in [3.8, 4) is 0 Å². The van der Waals surface area contributed by atoms with E-state index in [1.165, 1.54) is 0 Å². The highest BCUT2D eigenvalue weighted by Crippen LogP contribution is 2.19. The van der Waals surface area contributed by atoms with Gasteiger partial charge in [0.2, 0.25) is 5.91 Å². The van der Waals surface area contributed by atoms with Crippen LogP contribution in [0, 0.1) is 5.92 Å². The Morgan fingerprint density at radius 2 is 1.93 bits per heavy atom. The van der Waals surface area contributed by atoms with Gasteiger partial charge in [-0.2, -0.15) is 0 Å². The average molecular weight is 367 g/mol. The number of carbonyl (C=O) groups excluding carboxylic acids is 2. The summed E-state index contributed by atoms with van der Waals surface area (Å²) in [7, 11) is 0. The number of rotatable bonds is 4. The second-order valence-corrected chi connectivity index (χ2v) is 7.17. The lowest BCUT2D eigenvalue weighted by molar-refractivity contribution is -0.135. The molecule has 3 heterocycles. The van der Waals surface area contributed by atoms with Crippen molar-refractivity contribution in [2.75, 3.05) is 26.3 Å². The maximum absolute atomic E-state index is 12.7. The summed E-state index contributed by atoms with van der Waals surface area (Å²) >= 11 is 0. The molecule has 27 heavy (non-hydrogen) atoms. The monoisotopic (exact) mass is 367 g/mol. The first-order chi connectivity index (χ1) is 13.2. The van der Waals surface area contributed by atoms with Crippen LogP contribution in [-0.2, 0) is 29.0 Å². The number of ether oxygens (including phenoxy) is 1. The van der Waals surface area contributed by atoms with Crippen molar-refractivity contribution in [2.24, 2.45) is 5.92 Å². The molecule has 6 nitrogen and oxygen atoms in total. The second-order valence-electron chi connectivity index (χ2n) is 7.17. The maximum atomic E-state index is 12.7. The molecule has 0 radical (unpaired) electrons. The summed E-state index contributed by atoms with van der Waals surface area (Å²) < 4.78 is 7.41. The van der Waals surface area contributed by atoms with Crippen molar-refractivity contribution >= 4 is 11.8 Å². The predicted molar refractivity (Wildman–Crippen MR) is 101 cm³/mol. The van der Waals surface area contributed by atoms with Crippen molar-refractivity contribution < 1.29 is 14.3 Å². The van der Waals surface area contributed by atoms with E-state index < -0.39 is 0 Å². The lowest BCUT2D eigenvalue weighted by Gasteiger charge is -2.23. The van der Waals surface area contributed by atoms with Gasteiger partial charge in [-0.25, -0.2) is 0 Å². The summed E-state index contributed by atoms with van der Waals surface area (Å²) in [6, 6.07) is 13.8. The molecule has 4 rings (SSSR count). The Hall–Kier alpha value is -2.60. The average Bonchev–Trinajstić information content (AvgIpc) is 3.33. The summed E-state index contributed by atoms with van der Waals surface area (Å²) in [6.45, 7) is 3.70. The molecule has 2 aliphatic heterocycles. The van der Waals surface area contributed by atoms with E-state index in [1.54, 1.807) is 0 Å². The highest BCUT2D eigenvalue weighted by Gasteiger charge is 2.29. The van der Waals surface area contributed by atoms with Gasteiger partial charge in [-0.05, 0) is 24.1 Å². The van der Waals surface area contributed by atoms with Gasteiger partial charge in [0.05, 0.1) is 12.5 Å². The Labute approximate surface area is 159 Å². The van der Waals surface area contributed by atoms with E-state index in [0.29, 0.717) is 45.1 Å². The van der Waals surface area contributed by atoms with Crippen LogP contribution in [0.1, 0.15) is 28.2 Å². The number of nitrogens with zero attached hydrogens (tertiary/aromatic N) is 2. The molecule has 1 unspecified atom stereocenters. The zero-order chi connectivity index (χ0) is 18.6. The molecular weight excluding hydrogens is 342 g/mol. The van der Waals surface area contributed by atoms with Crippen LogP contribution in [0.15, 0.2) is 42.5 Å². The molecule has 142 valence electrons. The fourth-order valence-electron chi connectivity index (χ4n) is 3.85. The van der Waals surface area contributed by atoms with Crippen LogP contribution in [0.4, 0.5) is 0 Å². The molecule has 6 heteroatoms. The Morgan fingerprint density at radius 3 is 2.70 bits per heavy atom. The molecule has 1 fully saturated rings. The van der Waals surface area contributed by atoms with Crippen LogP contribution >= 0.6 is 0 Å². The SMILES string of the molecule is O=C(NCc1ccccc1)c1ccc2n1CCN(C(=O)C1CCOC1)CC2. The summed E-state index contributed by atoms with van der Waals surface area (Å²) in [6.07, 6.45) is 1.58. The van der Waals surface area contributed by atoms with E-state index in [4.69, 9.17) is 4.74 Å². The van der Waals surface area contributed by atoms with E-state index in [9.17, 15) is 9.59 Å². The zero-order valence-electron chi connectivity index (χ0n) is 15.4.